The van der Waals surface area contributed by atoms with Gasteiger partial charge in [-0.15, -0.1) is 0 Å². The van der Waals surface area contributed by atoms with E-state index in [2.05, 4.69) is 15.4 Å². The second kappa shape index (κ2) is 9.33. The van der Waals surface area contributed by atoms with E-state index in [1.54, 1.807) is 18.3 Å². The number of nitrogens with zero attached hydrogens (tertiary/aromatic N) is 4. The monoisotopic (exact) mass is 519 g/mol. The molecule has 1 atom stereocenters. The number of thioether (sulfide) groups is 1. The van der Waals surface area contributed by atoms with Crippen LogP contribution in [0.5, 0.6) is 0 Å². The van der Waals surface area contributed by atoms with Gasteiger partial charge in [0.05, 0.1) is 28.7 Å². The van der Waals surface area contributed by atoms with E-state index in [-0.39, 0.29) is 23.0 Å². The maximum atomic E-state index is 13.5. The third-order valence-electron chi connectivity index (χ3n) is 6.15. The fourth-order valence-electron chi connectivity index (χ4n) is 4.26. The largest absolute Gasteiger partial charge is 0.416 e. The van der Waals surface area contributed by atoms with Gasteiger partial charge in [-0.2, -0.15) is 23.3 Å². The molecule has 35 heavy (non-hydrogen) atoms. The van der Waals surface area contributed by atoms with Crippen LogP contribution in [0.3, 0.4) is 0 Å². The Labute approximate surface area is 208 Å². The number of rotatable bonds is 4. The van der Waals surface area contributed by atoms with Crippen LogP contribution in [0.15, 0.2) is 52.5 Å². The third kappa shape index (κ3) is 4.96. The van der Waals surface area contributed by atoms with Gasteiger partial charge in [-0.3, -0.25) is 9.48 Å². The van der Waals surface area contributed by atoms with Crippen LogP contribution >= 0.6 is 23.4 Å². The average Bonchev–Trinajstić information content (AvgIpc) is 3.55. The second-order valence-corrected chi connectivity index (χ2v) is 9.93. The fraction of sp³-hybridized carbons (Fsp3) is 0.292. The SMILES string of the molecule is CN(C1=NC(=O)C(=Cc2ccc3c(cnn3Cc3ccc(Cl)cc3C(F)(F)F)c2)S1)C1CCNC1. The number of carbonyl (C=O) groups excluding carboxylic acids is 1. The fourth-order valence-corrected chi connectivity index (χ4v) is 5.38. The Morgan fingerprint density at radius 1 is 1.29 bits per heavy atom. The Morgan fingerprint density at radius 2 is 2.11 bits per heavy atom. The molecule has 1 aromatic heterocycles. The molecule has 11 heteroatoms. The summed E-state index contributed by atoms with van der Waals surface area (Å²) in [5, 5.41) is 9.08. The number of halogens is 4. The third-order valence-corrected chi connectivity index (χ3v) is 7.46. The molecule has 6 nitrogen and oxygen atoms in total. The quantitative estimate of drug-likeness (QED) is 0.490. The van der Waals surface area contributed by atoms with Crippen molar-refractivity contribution in [2.24, 2.45) is 4.99 Å². The first-order chi connectivity index (χ1) is 16.7. The van der Waals surface area contributed by atoms with Crippen molar-refractivity contribution in [2.75, 3.05) is 20.1 Å². The lowest BCUT2D eigenvalue weighted by Crippen LogP contribution is -2.36. The van der Waals surface area contributed by atoms with Crippen molar-refractivity contribution in [1.82, 2.24) is 20.0 Å². The molecule has 0 radical (unpaired) electrons. The molecule has 2 aliphatic rings. The van der Waals surface area contributed by atoms with Gasteiger partial charge in [0.25, 0.3) is 5.91 Å². The molecular weight excluding hydrogens is 499 g/mol. The molecule has 3 aromatic rings. The lowest BCUT2D eigenvalue weighted by molar-refractivity contribution is -0.138. The number of hydrogen-bond donors (Lipinski definition) is 1. The highest BCUT2D eigenvalue weighted by molar-refractivity contribution is 8.18. The summed E-state index contributed by atoms with van der Waals surface area (Å²) < 4.78 is 41.9. The standard InChI is InChI=1S/C24H21ClF3N5OS/c1-32(18-6-7-29-12-18)23-31-22(34)21(35-23)9-14-2-5-20-16(8-14)11-30-33(20)13-15-3-4-17(25)10-19(15)24(26,27)28/h2-5,8-11,18,29H,6-7,12-13H2,1H3. The highest BCUT2D eigenvalue weighted by Gasteiger charge is 2.34. The van der Waals surface area contributed by atoms with Crippen molar-refractivity contribution in [1.29, 1.82) is 0 Å². The highest BCUT2D eigenvalue weighted by Crippen LogP contribution is 2.35. The predicted octanol–water partition coefficient (Wildman–Crippen LogP) is 5.02. The number of aliphatic imine (C=N–C) groups is 1. The zero-order valence-corrected chi connectivity index (χ0v) is 20.2. The van der Waals surface area contributed by atoms with Gasteiger partial charge in [0.2, 0.25) is 0 Å². The summed E-state index contributed by atoms with van der Waals surface area (Å²) in [6.07, 6.45) is -0.128. The number of amides is 1. The van der Waals surface area contributed by atoms with E-state index in [0.717, 1.165) is 36.5 Å². The maximum absolute atomic E-state index is 13.5. The minimum atomic E-state index is -4.52. The molecule has 1 N–H and O–H groups in total. The summed E-state index contributed by atoms with van der Waals surface area (Å²) >= 11 is 7.14. The number of nitrogens with one attached hydrogen (secondary N) is 1. The van der Waals surface area contributed by atoms with E-state index < -0.39 is 11.7 Å². The summed E-state index contributed by atoms with van der Waals surface area (Å²) in [5.41, 5.74) is 0.779. The Morgan fingerprint density at radius 3 is 2.86 bits per heavy atom. The average molecular weight is 520 g/mol. The van der Waals surface area contributed by atoms with Crippen LogP contribution in [-0.4, -0.2) is 51.9 Å². The van der Waals surface area contributed by atoms with E-state index in [1.807, 2.05) is 24.1 Å². The maximum Gasteiger partial charge on any atom is 0.416 e. The molecule has 2 aromatic carbocycles. The van der Waals surface area contributed by atoms with Gasteiger partial charge in [0.15, 0.2) is 5.17 Å². The number of amidine groups is 1. The molecule has 0 aliphatic carbocycles. The number of likely N-dealkylation sites (N-methyl/N-ethyl adjacent to an activating group) is 1. The van der Waals surface area contributed by atoms with E-state index in [4.69, 9.17) is 11.6 Å². The van der Waals surface area contributed by atoms with E-state index in [1.165, 1.54) is 28.6 Å². The molecule has 1 saturated heterocycles. The number of carbonyl (C=O) groups is 1. The van der Waals surface area contributed by atoms with Crippen molar-refractivity contribution >= 4 is 51.4 Å². The summed E-state index contributed by atoms with van der Waals surface area (Å²) in [7, 11) is 1.95. The first-order valence-corrected chi connectivity index (χ1v) is 12.2. The van der Waals surface area contributed by atoms with Crippen LogP contribution in [0.25, 0.3) is 17.0 Å². The molecule has 1 amide bonds. The molecule has 0 spiro atoms. The zero-order valence-electron chi connectivity index (χ0n) is 18.6. The molecule has 3 heterocycles. The van der Waals surface area contributed by atoms with Crippen LogP contribution in [-0.2, 0) is 17.5 Å². The van der Waals surface area contributed by atoms with Gasteiger partial charge in [-0.1, -0.05) is 23.7 Å². The Kier molecular flexibility index (Phi) is 6.37. The van der Waals surface area contributed by atoms with Crippen LogP contribution in [0.1, 0.15) is 23.1 Å². The number of fused-ring (bicyclic) bond motifs is 1. The first kappa shape index (κ1) is 23.9. The van der Waals surface area contributed by atoms with E-state index in [0.29, 0.717) is 21.6 Å². The molecule has 2 aliphatic heterocycles. The van der Waals surface area contributed by atoms with Crippen molar-refractivity contribution in [2.45, 2.75) is 25.2 Å². The highest BCUT2D eigenvalue weighted by atomic mass is 35.5. The van der Waals surface area contributed by atoms with Crippen molar-refractivity contribution in [3.8, 4) is 0 Å². The number of alkyl halides is 3. The number of aromatic nitrogens is 2. The lowest BCUT2D eigenvalue weighted by Gasteiger charge is -2.24. The van der Waals surface area contributed by atoms with Crippen molar-refractivity contribution in [3.63, 3.8) is 0 Å². The molecule has 0 bridgehead atoms. The molecular formula is C24H21ClF3N5OS. The summed E-state index contributed by atoms with van der Waals surface area (Å²) in [4.78, 5) is 19.3. The molecule has 1 unspecified atom stereocenters. The summed E-state index contributed by atoms with van der Waals surface area (Å²) in [6, 6.07) is 9.52. The van der Waals surface area contributed by atoms with Crippen LogP contribution < -0.4 is 5.32 Å². The van der Waals surface area contributed by atoms with Gasteiger partial charge in [0.1, 0.15) is 0 Å². The normalized spacial score (nSPS) is 19.7. The van der Waals surface area contributed by atoms with Gasteiger partial charge in [-0.25, -0.2) is 0 Å². The zero-order chi connectivity index (χ0) is 24.7. The van der Waals surface area contributed by atoms with E-state index >= 15 is 0 Å². The predicted molar refractivity (Wildman–Crippen MR) is 132 cm³/mol. The molecule has 182 valence electrons. The smallest absolute Gasteiger partial charge is 0.350 e. The van der Waals surface area contributed by atoms with Crippen molar-refractivity contribution < 1.29 is 18.0 Å². The van der Waals surface area contributed by atoms with Gasteiger partial charge in [-0.05, 0) is 66.2 Å². The van der Waals surface area contributed by atoms with Crippen LogP contribution in [0.2, 0.25) is 5.02 Å². The number of hydrogen-bond acceptors (Lipinski definition) is 5. The molecule has 1 fully saturated rings. The van der Waals surface area contributed by atoms with Crippen LogP contribution in [0.4, 0.5) is 13.2 Å². The minimum Gasteiger partial charge on any atom is -0.350 e. The second-order valence-electron chi connectivity index (χ2n) is 8.49. The van der Waals surface area contributed by atoms with Crippen LogP contribution in [0, 0.1) is 0 Å². The molecule has 0 saturated carbocycles. The van der Waals surface area contributed by atoms with Gasteiger partial charge >= 0.3 is 6.18 Å². The summed E-state index contributed by atoms with van der Waals surface area (Å²) in [6.45, 7) is 1.77. The summed E-state index contributed by atoms with van der Waals surface area (Å²) in [5.74, 6) is -0.277. The Bertz CT molecular complexity index is 1360. The minimum absolute atomic E-state index is 0.0293. The first-order valence-electron chi connectivity index (χ1n) is 11.0. The Balaban J connectivity index is 1.36. The Hall–Kier alpha value is -2.82. The topological polar surface area (TPSA) is 62.5 Å². The van der Waals surface area contributed by atoms with Gasteiger partial charge in [0, 0.05) is 30.0 Å². The lowest BCUT2D eigenvalue weighted by atomic mass is 10.1. The number of benzene rings is 2. The molecule has 5 rings (SSSR count). The van der Waals surface area contributed by atoms with Gasteiger partial charge < -0.3 is 10.2 Å². The van der Waals surface area contributed by atoms with Crippen molar-refractivity contribution in [3.05, 3.63) is 69.2 Å². The van der Waals surface area contributed by atoms with E-state index in [9.17, 15) is 18.0 Å².